The van der Waals surface area contributed by atoms with Crippen molar-refractivity contribution in [2.45, 2.75) is 38.0 Å². The van der Waals surface area contributed by atoms with Crippen molar-refractivity contribution in [1.29, 1.82) is 0 Å². The zero-order valence-corrected chi connectivity index (χ0v) is 15.9. The molecule has 1 saturated carbocycles. The number of aliphatic carboxylic acids is 1. The molecule has 2 aliphatic carbocycles. The third kappa shape index (κ3) is 4.34. The topological polar surface area (TPSA) is 118 Å². The molecule has 0 heterocycles. The highest BCUT2D eigenvalue weighted by Gasteiger charge is 2.56. The normalized spacial score (nSPS) is 29.3. The molecule has 0 aliphatic heterocycles. The van der Waals surface area contributed by atoms with E-state index >= 15 is 0 Å². The van der Waals surface area contributed by atoms with Crippen LogP contribution in [0.1, 0.15) is 31.7 Å². The molecular formula is C19H27NO5S. The summed E-state index contributed by atoms with van der Waals surface area (Å²) in [7, 11) is -4.02. The van der Waals surface area contributed by atoms with Crippen molar-refractivity contribution >= 4 is 16.1 Å². The number of hydrogen-bond acceptors (Lipinski definition) is 4. The Kier molecular flexibility index (Phi) is 6.26. The Morgan fingerprint density at radius 1 is 1.27 bits per heavy atom. The summed E-state index contributed by atoms with van der Waals surface area (Å²) in [5.74, 6) is 1.03. The van der Waals surface area contributed by atoms with Gasteiger partial charge in [0.2, 0.25) is 0 Å². The average molecular weight is 381 g/mol. The third-order valence-corrected chi connectivity index (χ3v) is 6.49. The van der Waals surface area contributed by atoms with Crippen LogP contribution < -0.4 is 5.73 Å². The van der Waals surface area contributed by atoms with E-state index < -0.39 is 16.1 Å². The van der Waals surface area contributed by atoms with E-state index in [1.54, 1.807) is 12.1 Å². The maximum absolute atomic E-state index is 10.8. The maximum atomic E-state index is 10.8. The van der Waals surface area contributed by atoms with Crippen LogP contribution in [0, 0.1) is 30.1 Å². The number of fused-ring (bicyclic) bond motifs is 1. The Morgan fingerprint density at radius 2 is 1.88 bits per heavy atom. The summed E-state index contributed by atoms with van der Waals surface area (Å²) in [4.78, 5) is 10.8. The van der Waals surface area contributed by atoms with Crippen LogP contribution in [0.5, 0.6) is 0 Å². The van der Waals surface area contributed by atoms with Gasteiger partial charge in [-0.05, 0) is 61.6 Å². The average Bonchev–Trinajstić information content (AvgIpc) is 2.90. The quantitative estimate of drug-likeness (QED) is 0.533. The summed E-state index contributed by atoms with van der Waals surface area (Å²) in [5.41, 5.74) is 6.58. The fraction of sp³-hybridized carbons (Fsp3) is 0.526. The molecule has 1 aromatic carbocycles. The standard InChI is InChI=1S/C12H19NO2.C7H8O3S/c1-2-8-3-4-10-9(8)5-12(10,7-13)6-11(14)15;1-6-2-4-7(5-3-6)11(8,9)10/h3-4,8-10H,2,5-7,13H2,1H3,(H,14,15);2-5H,1H3,(H,8,9,10)/t8?,9-,10+,12+;/m0./s1. The predicted molar refractivity (Wildman–Crippen MR) is 99.3 cm³/mol. The highest BCUT2D eigenvalue weighted by molar-refractivity contribution is 7.85. The van der Waals surface area contributed by atoms with Crippen molar-refractivity contribution in [2.24, 2.45) is 28.9 Å². The first-order valence-corrected chi connectivity index (χ1v) is 10.2. The first-order chi connectivity index (χ1) is 12.1. The Labute approximate surface area is 154 Å². The number of allylic oxidation sites excluding steroid dienone is 2. The summed E-state index contributed by atoms with van der Waals surface area (Å²) in [6.45, 7) is 4.53. The highest BCUT2D eigenvalue weighted by Crippen LogP contribution is 2.60. The number of rotatable bonds is 5. The molecule has 144 valence electrons. The lowest BCUT2D eigenvalue weighted by Gasteiger charge is -2.53. The highest BCUT2D eigenvalue weighted by atomic mass is 32.2. The van der Waals surface area contributed by atoms with Crippen molar-refractivity contribution < 1.29 is 22.9 Å². The number of hydrogen-bond donors (Lipinski definition) is 3. The minimum atomic E-state index is -4.02. The van der Waals surface area contributed by atoms with Gasteiger partial charge in [0.25, 0.3) is 10.1 Å². The molecule has 0 saturated heterocycles. The Morgan fingerprint density at radius 3 is 2.35 bits per heavy atom. The molecule has 1 fully saturated rings. The van der Waals surface area contributed by atoms with Gasteiger partial charge >= 0.3 is 5.97 Å². The summed E-state index contributed by atoms with van der Waals surface area (Å²) >= 11 is 0. The van der Waals surface area contributed by atoms with Gasteiger partial charge in [-0.25, -0.2) is 0 Å². The molecule has 4 N–H and O–H groups in total. The fourth-order valence-electron chi connectivity index (χ4n) is 4.13. The van der Waals surface area contributed by atoms with E-state index in [1.807, 2.05) is 6.92 Å². The molecule has 3 rings (SSSR count). The van der Waals surface area contributed by atoms with Gasteiger partial charge in [-0.3, -0.25) is 9.35 Å². The maximum Gasteiger partial charge on any atom is 0.303 e. The number of carboxylic acids is 1. The Balaban J connectivity index is 0.000000197. The van der Waals surface area contributed by atoms with Gasteiger partial charge in [0.05, 0.1) is 11.3 Å². The molecular weight excluding hydrogens is 354 g/mol. The van der Waals surface area contributed by atoms with Gasteiger partial charge in [0, 0.05) is 0 Å². The summed E-state index contributed by atoms with van der Waals surface area (Å²) in [5, 5.41) is 8.91. The third-order valence-electron chi connectivity index (χ3n) is 5.63. The van der Waals surface area contributed by atoms with Crippen LogP contribution in [0.3, 0.4) is 0 Å². The number of carbonyl (C=O) groups is 1. The van der Waals surface area contributed by atoms with Gasteiger partial charge in [-0.1, -0.05) is 36.8 Å². The van der Waals surface area contributed by atoms with Crippen LogP contribution in [-0.2, 0) is 14.9 Å². The van der Waals surface area contributed by atoms with E-state index in [0.717, 1.165) is 18.4 Å². The molecule has 0 radical (unpaired) electrons. The number of nitrogens with two attached hydrogens (primary N) is 1. The molecule has 4 atom stereocenters. The molecule has 2 aliphatic rings. The largest absolute Gasteiger partial charge is 0.481 e. The molecule has 0 aromatic heterocycles. The van der Waals surface area contributed by atoms with Crippen LogP contribution >= 0.6 is 0 Å². The molecule has 1 unspecified atom stereocenters. The van der Waals surface area contributed by atoms with Crippen molar-refractivity contribution in [3.05, 3.63) is 42.0 Å². The van der Waals surface area contributed by atoms with Crippen LogP contribution in [-0.4, -0.2) is 30.6 Å². The molecule has 0 bridgehead atoms. The summed E-state index contributed by atoms with van der Waals surface area (Å²) in [6, 6.07) is 5.99. The van der Waals surface area contributed by atoms with Gasteiger partial charge < -0.3 is 10.8 Å². The number of carboxylic acid groups (broad SMARTS) is 1. The minimum Gasteiger partial charge on any atom is -0.481 e. The monoisotopic (exact) mass is 381 g/mol. The van der Waals surface area contributed by atoms with Crippen LogP contribution in [0.4, 0.5) is 0 Å². The second-order valence-corrected chi connectivity index (χ2v) is 8.70. The van der Waals surface area contributed by atoms with Crippen molar-refractivity contribution in [2.75, 3.05) is 6.54 Å². The number of benzene rings is 1. The van der Waals surface area contributed by atoms with E-state index in [2.05, 4.69) is 19.1 Å². The molecule has 0 amide bonds. The van der Waals surface area contributed by atoms with E-state index in [-0.39, 0.29) is 16.7 Å². The fourth-order valence-corrected chi connectivity index (χ4v) is 4.61. The van der Waals surface area contributed by atoms with Crippen molar-refractivity contribution in [1.82, 2.24) is 0 Å². The summed E-state index contributed by atoms with van der Waals surface area (Å²) in [6.07, 6.45) is 6.84. The van der Waals surface area contributed by atoms with Crippen molar-refractivity contribution in [3.63, 3.8) is 0 Å². The van der Waals surface area contributed by atoms with Gasteiger partial charge in [0.1, 0.15) is 0 Å². The second kappa shape index (κ2) is 7.90. The lowest BCUT2D eigenvalue weighted by atomic mass is 9.51. The SMILES string of the molecule is CCC1C=C[C@@H]2[C@H]1C[C@]2(CN)CC(=O)O.Cc1ccc(S(=O)(=O)O)cc1. The van der Waals surface area contributed by atoms with E-state index in [0.29, 0.717) is 24.3 Å². The smallest absolute Gasteiger partial charge is 0.303 e. The first kappa shape index (κ1) is 20.6. The van der Waals surface area contributed by atoms with E-state index in [4.69, 9.17) is 15.4 Å². The molecule has 0 spiro atoms. The van der Waals surface area contributed by atoms with E-state index in [9.17, 15) is 13.2 Å². The minimum absolute atomic E-state index is 0.0666. The molecule has 1 aromatic rings. The van der Waals surface area contributed by atoms with Crippen LogP contribution in [0.25, 0.3) is 0 Å². The zero-order valence-electron chi connectivity index (χ0n) is 15.1. The predicted octanol–water partition coefficient (Wildman–Crippen LogP) is 2.88. The Bertz CT molecular complexity index is 772. The van der Waals surface area contributed by atoms with Crippen LogP contribution in [0.2, 0.25) is 0 Å². The van der Waals surface area contributed by atoms with E-state index in [1.165, 1.54) is 12.1 Å². The van der Waals surface area contributed by atoms with Gasteiger partial charge in [-0.2, -0.15) is 8.42 Å². The Hall–Kier alpha value is -1.70. The second-order valence-electron chi connectivity index (χ2n) is 7.28. The molecule has 6 nitrogen and oxygen atoms in total. The molecule has 7 heteroatoms. The van der Waals surface area contributed by atoms with Gasteiger partial charge in [-0.15, -0.1) is 0 Å². The van der Waals surface area contributed by atoms with Crippen LogP contribution in [0.15, 0.2) is 41.3 Å². The lowest BCUT2D eigenvalue weighted by molar-refractivity contribution is -0.145. The lowest BCUT2D eigenvalue weighted by Crippen LogP contribution is -2.52. The number of aryl methyl sites for hydroxylation is 1. The van der Waals surface area contributed by atoms with Crippen molar-refractivity contribution in [3.8, 4) is 0 Å². The van der Waals surface area contributed by atoms with Gasteiger partial charge in [0.15, 0.2) is 0 Å². The molecule has 26 heavy (non-hydrogen) atoms. The zero-order chi connectivity index (χ0) is 19.5. The summed E-state index contributed by atoms with van der Waals surface area (Å²) < 4.78 is 29.6. The first-order valence-electron chi connectivity index (χ1n) is 8.77.